The maximum Gasteiger partial charge on any atom is 0.338 e. The Morgan fingerprint density at radius 2 is 1.26 bits per heavy atom. The first kappa shape index (κ1) is 34.1. The SMILES string of the molecule is N#Cc1cc(F)cnc1Cl.NC(=O)c1cc(F)cnc1Cl.Nc1[nH]nc2ncc(F)cc12.O=C(O)c1cc(F)cnc1Cl. The average Bonchev–Trinajstić information content (AvgIpc) is 3.33. The van der Waals surface area contributed by atoms with Crippen molar-refractivity contribution in [3.63, 3.8) is 0 Å². The van der Waals surface area contributed by atoms with Crippen molar-refractivity contribution in [2.45, 2.75) is 0 Å². The molecular formula is C24H14Cl3F4N9O3. The zero-order valence-electron chi connectivity index (χ0n) is 20.9. The third kappa shape index (κ3) is 10.3. The molecule has 1 amide bonds. The maximum atomic E-state index is 12.5. The second kappa shape index (κ2) is 15.8. The number of hydrogen-bond acceptors (Lipinski definition) is 9. The largest absolute Gasteiger partial charge is 0.478 e. The second-order valence-corrected chi connectivity index (χ2v) is 8.49. The van der Waals surface area contributed by atoms with Gasteiger partial charge in [0.15, 0.2) is 5.65 Å². The lowest BCUT2D eigenvalue weighted by Crippen LogP contribution is -2.12. The summed E-state index contributed by atoms with van der Waals surface area (Å²) in [5.41, 5.74) is 10.3. The minimum Gasteiger partial charge on any atom is -0.478 e. The molecular weight excluding hydrogens is 645 g/mol. The number of fused-ring (bicyclic) bond motifs is 1. The molecule has 19 heteroatoms. The average molecular weight is 659 g/mol. The van der Waals surface area contributed by atoms with E-state index in [1.807, 2.05) is 0 Å². The number of H-pyrrole nitrogens is 1. The van der Waals surface area contributed by atoms with Crippen molar-refractivity contribution in [2.24, 2.45) is 5.73 Å². The number of halogens is 7. The highest BCUT2D eigenvalue weighted by molar-refractivity contribution is 6.32. The van der Waals surface area contributed by atoms with Crippen LogP contribution in [0.25, 0.3) is 11.0 Å². The lowest BCUT2D eigenvalue weighted by Gasteiger charge is -1.96. The number of rotatable bonds is 2. The summed E-state index contributed by atoms with van der Waals surface area (Å²) in [6, 6.07) is 5.79. The molecule has 0 aliphatic heterocycles. The van der Waals surface area contributed by atoms with Crippen molar-refractivity contribution in [2.75, 3.05) is 5.73 Å². The van der Waals surface area contributed by atoms with Gasteiger partial charge < -0.3 is 16.6 Å². The van der Waals surface area contributed by atoms with Gasteiger partial charge in [-0.1, -0.05) is 34.8 Å². The Morgan fingerprint density at radius 1 is 0.791 bits per heavy atom. The molecule has 0 aromatic carbocycles. The zero-order chi connectivity index (χ0) is 32.3. The van der Waals surface area contributed by atoms with E-state index < -0.39 is 35.1 Å². The third-order valence-electron chi connectivity index (χ3n) is 4.44. The van der Waals surface area contributed by atoms with Crippen molar-refractivity contribution in [3.8, 4) is 6.07 Å². The fourth-order valence-corrected chi connectivity index (χ4v) is 3.09. The summed E-state index contributed by atoms with van der Waals surface area (Å²) < 4.78 is 49.5. The Balaban J connectivity index is 0.000000200. The second-order valence-electron chi connectivity index (χ2n) is 7.42. The standard InChI is InChI=1S/C6H4ClFN2O.C6H2ClFN2.C6H3ClFNO2.C6H5FN4/c7-5-4(6(9)11)1-3(8)2-10-5;7-6-4(2-9)1-5(8)3-10-6;7-5-4(6(10)11)1-3(8)2-9-5;7-3-1-4-5(8)10-11-6(4)9-2-3/h1-2H,(H2,9,11);1,3H;1-2H,(H,10,11);1-2H,(H3,8,9,10,11). The van der Waals surface area contributed by atoms with E-state index in [0.29, 0.717) is 16.9 Å². The summed E-state index contributed by atoms with van der Waals surface area (Å²) in [5, 5.41) is 23.2. The number of amides is 1. The number of aromatic amines is 1. The van der Waals surface area contributed by atoms with Crippen molar-refractivity contribution in [1.29, 1.82) is 5.26 Å². The fourth-order valence-electron chi connectivity index (χ4n) is 2.56. The highest BCUT2D eigenvalue weighted by Crippen LogP contribution is 2.16. The van der Waals surface area contributed by atoms with Crippen LogP contribution in [0.5, 0.6) is 0 Å². The summed E-state index contributed by atoms with van der Waals surface area (Å²) in [4.78, 5) is 34.6. The Kier molecular flexibility index (Phi) is 12.5. The molecule has 222 valence electrons. The van der Waals surface area contributed by atoms with Crippen LogP contribution in [0.1, 0.15) is 26.3 Å². The molecule has 0 bridgehead atoms. The van der Waals surface area contributed by atoms with Gasteiger partial charge in [0, 0.05) is 0 Å². The van der Waals surface area contributed by atoms with Gasteiger partial charge >= 0.3 is 5.97 Å². The van der Waals surface area contributed by atoms with Gasteiger partial charge in [-0.3, -0.25) is 9.89 Å². The van der Waals surface area contributed by atoms with E-state index in [4.69, 9.17) is 56.6 Å². The fraction of sp³-hybridized carbons (Fsp3) is 0. The molecule has 0 saturated carbocycles. The molecule has 0 radical (unpaired) electrons. The number of aromatic nitrogens is 6. The molecule has 0 unspecified atom stereocenters. The molecule has 0 atom stereocenters. The minimum absolute atomic E-state index is 0.0314. The number of nitrogens with two attached hydrogens (primary N) is 2. The van der Waals surface area contributed by atoms with Crippen LogP contribution in [-0.4, -0.2) is 47.1 Å². The molecule has 0 spiro atoms. The van der Waals surface area contributed by atoms with Gasteiger partial charge in [-0.2, -0.15) is 10.4 Å². The van der Waals surface area contributed by atoms with Gasteiger partial charge in [0.1, 0.15) is 50.6 Å². The summed E-state index contributed by atoms with van der Waals surface area (Å²) in [6.45, 7) is 0. The molecule has 12 nitrogen and oxygen atoms in total. The predicted molar refractivity (Wildman–Crippen MR) is 146 cm³/mol. The molecule has 5 aromatic heterocycles. The predicted octanol–water partition coefficient (Wildman–Crippen LogP) is 4.97. The Hall–Kier alpha value is -5.11. The molecule has 6 N–H and O–H groups in total. The lowest BCUT2D eigenvalue weighted by molar-refractivity contribution is 0.0695. The summed E-state index contributed by atoms with van der Waals surface area (Å²) in [5.74, 6) is -4.06. The van der Waals surface area contributed by atoms with E-state index in [0.717, 1.165) is 43.0 Å². The monoisotopic (exact) mass is 657 g/mol. The highest BCUT2D eigenvalue weighted by Gasteiger charge is 2.10. The van der Waals surface area contributed by atoms with Gasteiger partial charge in [0.05, 0.1) is 46.9 Å². The number of primary amides is 1. The van der Waals surface area contributed by atoms with E-state index in [-0.39, 0.29) is 32.1 Å². The van der Waals surface area contributed by atoms with Gasteiger partial charge in [-0.15, -0.1) is 0 Å². The van der Waals surface area contributed by atoms with Crippen molar-refractivity contribution < 1.29 is 32.3 Å². The lowest BCUT2D eigenvalue weighted by atomic mass is 10.3. The highest BCUT2D eigenvalue weighted by atomic mass is 35.5. The van der Waals surface area contributed by atoms with Crippen molar-refractivity contribution in [3.05, 3.63) is 104 Å². The first-order chi connectivity index (χ1) is 20.2. The molecule has 0 aliphatic carbocycles. The molecule has 0 fully saturated rings. The number of carboxylic acids is 1. The van der Waals surface area contributed by atoms with Gasteiger partial charge in [-0.05, 0) is 24.3 Å². The number of hydrogen-bond donors (Lipinski definition) is 4. The summed E-state index contributed by atoms with van der Waals surface area (Å²) in [7, 11) is 0. The van der Waals surface area contributed by atoms with Crippen molar-refractivity contribution in [1.82, 2.24) is 30.1 Å². The Labute approximate surface area is 252 Å². The Bertz CT molecular complexity index is 1760. The number of anilines is 1. The van der Waals surface area contributed by atoms with E-state index in [2.05, 4.69) is 30.1 Å². The van der Waals surface area contributed by atoms with E-state index in [9.17, 15) is 27.2 Å². The molecule has 0 aliphatic rings. The van der Waals surface area contributed by atoms with Gasteiger partial charge in [-0.25, -0.2) is 42.3 Å². The number of aromatic carboxylic acids is 1. The van der Waals surface area contributed by atoms with Crippen LogP contribution < -0.4 is 11.5 Å². The van der Waals surface area contributed by atoms with Crippen LogP contribution in [0, 0.1) is 34.6 Å². The maximum absolute atomic E-state index is 12.5. The number of carbonyl (C=O) groups is 2. The summed E-state index contributed by atoms with van der Waals surface area (Å²) in [6.07, 6.45) is 3.83. The normalized spacial score (nSPS) is 9.72. The number of carbonyl (C=O) groups excluding carboxylic acids is 1. The number of nitriles is 1. The number of nitrogens with zero attached hydrogens (tertiary/aromatic N) is 6. The molecule has 5 rings (SSSR count). The number of pyridine rings is 4. The quantitative estimate of drug-likeness (QED) is 0.148. The molecule has 5 heterocycles. The topological polar surface area (TPSA) is 210 Å². The van der Waals surface area contributed by atoms with Crippen LogP contribution in [0.4, 0.5) is 23.4 Å². The molecule has 5 aromatic rings. The van der Waals surface area contributed by atoms with Gasteiger partial charge in [0.25, 0.3) is 5.91 Å². The zero-order valence-corrected chi connectivity index (χ0v) is 23.1. The van der Waals surface area contributed by atoms with Gasteiger partial charge in [0.2, 0.25) is 0 Å². The minimum atomic E-state index is -1.29. The third-order valence-corrected chi connectivity index (χ3v) is 5.34. The van der Waals surface area contributed by atoms with E-state index in [1.54, 1.807) is 6.07 Å². The van der Waals surface area contributed by atoms with E-state index in [1.165, 1.54) is 6.07 Å². The van der Waals surface area contributed by atoms with E-state index >= 15 is 0 Å². The van der Waals surface area contributed by atoms with Crippen molar-refractivity contribution >= 4 is 63.5 Å². The first-order valence-electron chi connectivity index (χ1n) is 10.8. The number of carboxylic acid groups (broad SMARTS) is 1. The first-order valence-corrected chi connectivity index (χ1v) is 12.0. The smallest absolute Gasteiger partial charge is 0.338 e. The van der Waals surface area contributed by atoms with Crippen LogP contribution in [-0.2, 0) is 0 Å². The number of nitrogens with one attached hydrogen (secondary N) is 1. The summed E-state index contributed by atoms with van der Waals surface area (Å²) >= 11 is 16.1. The Morgan fingerprint density at radius 3 is 1.72 bits per heavy atom. The van der Waals surface area contributed by atoms with Crippen LogP contribution in [0.3, 0.4) is 0 Å². The van der Waals surface area contributed by atoms with Crippen LogP contribution >= 0.6 is 34.8 Å². The van der Waals surface area contributed by atoms with Crippen LogP contribution in [0.15, 0.2) is 49.1 Å². The molecule has 43 heavy (non-hydrogen) atoms. The number of nitrogen functional groups attached to an aromatic ring is 1. The molecule has 0 saturated heterocycles. The van der Waals surface area contributed by atoms with Crippen LogP contribution in [0.2, 0.25) is 15.5 Å².